The lowest BCUT2D eigenvalue weighted by Gasteiger charge is -2.34. The number of piperazine rings is 1. The quantitative estimate of drug-likeness (QED) is 0.549. The molecule has 0 atom stereocenters. The SMILES string of the molecule is Cc1nc(COc2cccc(C(=O)N3CCN(Cc4ccc(Cl)s4)CC3)c2)cs1. The molecule has 1 aromatic carbocycles. The normalized spacial score (nSPS) is 14.9. The maximum Gasteiger partial charge on any atom is 0.254 e. The first kappa shape index (κ1) is 20.3. The van der Waals surface area contributed by atoms with Crippen molar-refractivity contribution >= 4 is 40.2 Å². The van der Waals surface area contributed by atoms with Crippen LogP contribution in [0.4, 0.5) is 0 Å². The molecule has 3 aromatic rings. The molecule has 1 fully saturated rings. The number of carbonyl (C=O) groups is 1. The van der Waals surface area contributed by atoms with E-state index in [-0.39, 0.29) is 5.91 Å². The molecule has 1 aliphatic heterocycles. The molecule has 0 spiro atoms. The Morgan fingerprint density at radius 2 is 2.03 bits per heavy atom. The number of benzene rings is 1. The van der Waals surface area contributed by atoms with Gasteiger partial charge in [-0.15, -0.1) is 22.7 Å². The van der Waals surface area contributed by atoms with Crippen molar-refractivity contribution in [2.45, 2.75) is 20.1 Å². The lowest BCUT2D eigenvalue weighted by Crippen LogP contribution is -2.48. The highest BCUT2D eigenvalue weighted by Gasteiger charge is 2.22. The second-order valence-electron chi connectivity index (χ2n) is 6.95. The average molecular weight is 448 g/mol. The molecule has 1 amide bonds. The van der Waals surface area contributed by atoms with E-state index < -0.39 is 0 Å². The van der Waals surface area contributed by atoms with Gasteiger partial charge in [0.15, 0.2) is 0 Å². The second-order valence-corrected chi connectivity index (χ2v) is 9.81. The summed E-state index contributed by atoms with van der Waals surface area (Å²) in [7, 11) is 0. The number of hydrogen-bond acceptors (Lipinski definition) is 6. The fourth-order valence-electron chi connectivity index (χ4n) is 3.30. The molecule has 0 saturated carbocycles. The summed E-state index contributed by atoms with van der Waals surface area (Å²) in [6, 6.07) is 11.4. The molecular formula is C21H22ClN3O2S2. The summed E-state index contributed by atoms with van der Waals surface area (Å²) in [5, 5.41) is 3.02. The molecule has 0 N–H and O–H groups in total. The van der Waals surface area contributed by atoms with E-state index in [4.69, 9.17) is 16.3 Å². The Morgan fingerprint density at radius 1 is 1.21 bits per heavy atom. The van der Waals surface area contributed by atoms with Crippen molar-refractivity contribution in [2.24, 2.45) is 0 Å². The number of halogens is 1. The van der Waals surface area contributed by atoms with Crippen LogP contribution < -0.4 is 4.74 Å². The standard InChI is InChI=1S/C21H22ClN3O2S2/c1-15-23-17(14-28-15)13-27-18-4-2-3-16(11-18)21(26)25-9-7-24(8-10-25)12-19-5-6-20(22)29-19/h2-6,11,14H,7-10,12-13H2,1H3. The van der Waals surface area contributed by atoms with Gasteiger partial charge in [0.2, 0.25) is 0 Å². The summed E-state index contributed by atoms with van der Waals surface area (Å²) >= 11 is 9.24. The highest BCUT2D eigenvalue weighted by Crippen LogP contribution is 2.23. The van der Waals surface area contributed by atoms with Gasteiger partial charge in [0, 0.05) is 48.5 Å². The molecule has 5 nitrogen and oxygen atoms in total. The van der Waals surface area contributed by atoms with Crippen molar-refractivity contribution < 1.29 is 9.53 Å². The zero-order chi connectivity index (χ0) is 20.2. The van der Waals surface area contributed by atoms with Gasteiger partial charge in [-0.25, -0.2) is 4.98 Å². The van der Waals surface area contributed by atoms with Crippen molar-refractivity contribution in [3.63, 3.8) is 0 Å². The van der Waals surface area contributed by atoms with E-state index in [2.05, 4.69) is 16.0 Å². The number of carbonyl (C=O) groups excluding carboxylic acids is 1. The molecule has 29 heavy (non-hydrogen) atoms. The highest BCUT2D eigenvalue weighted by atomic mass is 35.5. The second kappa shape index (κ2) is 9.26. The summed E-state index contributed by atoms with van der Waals surface area (Å²) in [6.45, 7) is 6.44. The Bertz CT molecular complexity index is 980. The topological polar surface area (TPSA) is 45.7 Å². The molecule has 0 radical (unpaired) electrons. The Balaban J connectivity index is 1.31. The number of aryl methyl sites for hydroxylation is 1. The van der Waals surface area contributed by atoms with Crippen LogP contribution in [-0.2, 0) is 13.2 Å². The number of nitrogens with zero attached hydrogens (tertiary/aromatic N) is 3. The van der Waals surface area contributed by atoms with Crippen LogP contribution in [0.25, 0.3) is 0 Å². The molecule has 0 bridgehead atoms. The van der Waals surface area contributed by atoms with Crippen LogP contribution in [0.3, 0.4) is 0 Å². The first-order chi connectivity index (χ1) is 14.1. The maximum absolute atomic E-state index is 12.9. The fraction of sp³-hybridized carbons (Fsp3) is 0.333. The lowest BCUT2D eigenvalue weighted by molar-refractivity contribution is 0.0629. The highest BCUT2D eigenvalue weighted by molar-refractivity contribution is 7.16. The molecule has 3 heterocycles. The van der Waals surface area contributed by atoms with Crippen LogP contribution in [0.5, 0.6) is 5.75 Å². The van der Waals surface area contributed by atoms with E-state index in [0.29, 0.717) is 17.9 Å². The van der Waals surface area contributed by atoms with Gasteiger partial charge < -0.3 is 9.64 Å². The summed E-state index contributed by atoms with van der Waals surface area (Å²) in [6.07, 6.45) is 0. The van der Waals surface area contributed by atoms with Crippen molar-refractivity contribution in [3.05, 3.63) is 67.3 Å². The van der Waals surface area contributed by atoms with Crippen LogP contribution in [0.1, 0.15) is 25.9 Å². The van der Waals surface area contributed by atoms with Gasteiger partial charge in [-0.1, -0.05) is 17.7 Å². The summed E-state index contributed by atoms with van der Waals surface area (Å²) in [5.41, 5.74) is 1.57. The molecule has 152 valence electrons. The predicted molar refractivity (Wildman–Crippen MR) is 118 cm³/mol. The number of amides is 1. The van der Waals surface area contributed by atoms with E-state index in [9.17, 15) is 4.79 Å². The van der Waals surface area contributed by atoms with Crippen molar-refractivity contribution in [1.82, 2.24) is 14.8 Å². The molecule has 2 aromatic heterocycles. The van der Waals surface area contributed by atoms with Crippen molar-refractivity contribution in [1.29, 1.82) is 0 Å². The van der Waals surface area contributed by atoms with Crippen molar-refractivity contribution in [3.8, 4) is 5.75 Å². The first-order valence-electron chi connectivity index (χ1n) is 9.46. The maximum atomic E-state index is 12.9. The molecular weight excluding hydrogens is 426 g/mol. The van der Waals surface area contributed by atoms with Gasteiger partial charge in [0.05, 0.1) is 15.0 Å². The number of hydrogen-bond donors (Lipinski definition) is 0. The van der Waals surface area contributed by atoms with Crippen LogP contribution >= 0.6 is 34.3 Å². The Kier molecular flexibility index (Phi) is 6.50. The number of rotatable bonds is 6. The van der Waals surface area contributed by atoms with E-state index in [1.54, 1.807) is 22.7 Å². The smallest absolute Gasteiger partial charge is 0.254 e. The van der Waals surface area contributed by atoms with Gasteiger partial charge in [-0.2, -0.15) is 0 Å². The Morgan fingerprint density at radius 3 is 2.72 bits per heavy atom. The van der Waals surface area contributed by atoms with Crippen LogP contribution in [0, 0.1) is 6.92 Å². The third kappa shape index (κ3) is 5.36. The molecule has 0 aliphatic carbocycles. The van der Waals surface area contributed by atoms with E-state index in [0.717, 1.165) is 47.8 Å². The minimum atomic E-state index is 0.0544. The van der Waals surface area contributed by atoms with Gasteiger partial charge in [0.25, 0.3) is 5.91 Å². The third-order valence-electron chi connectivity index (χ3n) is 4.80. The number of aromatic nitrogens is 1. The number of ether oxygens (including phenoxy) is 1. The Labute approximate surface area is 183 Å². The van der Waals surface area contributed by atoms with Gasteiger partial charge in [0.1, 0.15) is 12.4 Å². The van der Waals surface area contributed by atoms with Crippen molar-refractivity contribution in [2.75, 3.05) is 26.2 Å². The third-order valence-corrected chi connectivity index (χ3v) is 6.84. The molecule has 1 aliphatic rings. The van der Waals surface area contributed by atoms with Gasteiger partial charge >= 0.3 is 0 Å². The first-order valence-corrected chi connectivity index (χ1v) is 11.5. The zero-order valence-corrected chi connectivity index (χ0v) is 18.5. The van der Waals surface area contributed by atoms with Crippen LogP contribution in [0.15, 0.2) is 41.8 Å². The predicted octanol–water partition coefficient (Wildman–Crippen LogP) is 4.70. The number of thiophene rings is 1. The summed E-state index contributed by atoms with van der Waals surface area (Å²) in [5.74, 6) is 0.744. The largest absolute Gasteiger partial charge is 0.487 e. The average Bonchev–Trinajstić information content (AvgIpc) is 3.34. The van der Waals surface area contributed by atoms with E-state index >= 15 is 0 Å². The molecule has 0 unspecified atom stereocenters. The Hall–Kier alpha value is -1.93. The summed E-state index contributed by atoms with van der Waals surface area (Å²) < 4.78 is 6.64. The molecule has 4 rings (SSSR count). The van der Waals surface area contributed by atoms with Gasteiger partial charge in [-0.05, 0) is 37.3 Å². The fourth-order valence-corrected chi connectivity index (χ4v) is 5.03. The lowest BCUT2D eigenvalue weighted by atomic mass is 10.1. The summed E-state index contributed by atoms with van der Waals surface area (Å²) in [4.78, 5) is 22.9. The van der Waals surface area contributed by atoms with E-state index in [1.807, 2.05) is 47.5 Å². The zero-order valence-electron chi connectivity index (χ0n) is 16.1. The molecule has 8 heteroatoms. The minimum absolute atomic E-state index is 0.0544. The molecule has 1 saturated heterocycles. The van der Waals surface area contributed by atoms with Crippen LogP contribution in [0.2, 0.25) is 4.34 Å². The monoisotopic (exact) mass is 447 g/mol. The van der Waals surface area contributed by atoms with E-state index in [1.165, 1.54) is 4.88 Å². The number of thiazole rings is 1. The van der Waals surface area contributed by atoms with Gasteiger partial charge in [-0.3, -0.25) is 9.69 Å². The minimum Gasteiger partial charge on any atom is -0.487 e. The van der Waals surface area contributed by atoms with Crippen LogP contribution in [-0.4, -0.2) is 46.9 Å².